The van der Waals surface area contributed by atoms with Crippen molar-refractivity contribution in [2.45, 2.75) is 25.3 Å². The van der Waals surface area contributed by atoms with Crippen LogP contribution < -0.4 is 5.32 Å². The van der Waals surface area contributed by atoms with Crippen molar-refractivity contribution in [3.8, 4) is 12.3 Å². The predicted molar refractivity (Wildman–Crippen MR) is 77.4 cm³/mol. The minimum atomic E-state index is -0.725. The molecule has 20 heavy (non-hydrogen) atoms. The Labute approximate surface area is 123 Å². The molecule has 1 aromatic carbocycles. The maximum absolute atomic E-state index is 12.1. The Balaban J connectivity index is 2.74. The largest absolute Gasteiger partial charge is 0.467 e. The topological polar surface area (TPSA) is 55.4 Å². The molecule has 0 spiro atoms. The van der Waals surface area contributed by atoms with Crippen LogP contribution in [0.3, 0.4) is 0 Å². The van der Waals surface area contributed by atoms with E-state index in [-0.39, 0.29) is 0 Å². The lowest BCUT2D eigenvalue weighted by Crippen LogP contribution is -2.41. The molecular weight excluding hydrogens is 278 g/mol. The second kappa shape index (κ2) is 8.23. The molecule has 0 saturated heterocycles. The molecule has 0 aliphatic rings. The fourth-order valence-corrected chi connectivity index (χ4v) is 1.90. The van der Waals surface area contributed by atoms with Crippen LogP contribution in [0.2, 0.25) is 5.02 Å². The smallest absolute Gasteiger partial charge is 0.328 e. The predicted octanol–water partition coefficient (Wildman–Crippen LogP) is 2.41. The van der Waals surface area contributed by atoms with Crippen LogP contribution in [-0.4, -0.2) is 25.0 Å². The van der Waals surface area contributed by atoms with Crippen LogP contribution in [-0.2, 0) is 9.53 Å². The second-order valence-electron chi connectivity index (χ2n) is 4.13. The molecule has 1 N–H and O–H groups in total. The fourth-order valence-electron chi connectivity index (χ4n) is 1.68. The van der Waals surface area contributed by atoms with E-state index in [0.717, 1.165) is 0 Å². The minimum absolute atomic E-state index is 0.319. The molecule has 0 radical (unpaired) electrons. The Hall–Kier alpha value is -1.99. The van der Waals surface area contributed by atoms with E-state index in [1.807, 2.05) is 0 Å². The van der Waals surface area contributed by atoms with Gasteiger partial charge in [-0.2, -0.15) is 0 Å². The van der Waals surface area contributed by atoms with E-state index in [9.17, 15) is 9.59 Å². The van der Waals surface area contributed by atoms with Crippen molar-refractivity contribution in [1.29, 1.82) is 0 Å². The highest BCUT2D eigenvalue weighted by Crippen LogP contribution is 2.15. The van der Waals surface area contributed by atoms with Crippen LogP contribution >= 0.6 is 11.6 Å². The summed E-state index contributed by atoms with van der Waals surface area (Å²) in [6.07, 6.45) is 6.75. The second-order valence-corrected chi connectivity index (χ2v) is 4.53. The van der Waals surface area contributed by atoms with Crippen LogP contribution in [0.5, 0.6) is 0 Å². The molecule has 106 valence electrons. The quantitative estimate of drug-likeness (QED) is 0.498. The van der Waals surface area contributed by atoms with Gasteiger partial charge < -0.3 is 10.1 Å². The summed E-state index contributed by atoms with van der Waals surface area (Å²) in [6, 6.07) is 5.91. The lowest BCUT2D eigenvalue weighted by Gasteiger charge is -2.16. The highest BCUT2D eigenvalue weighted by atomic mass is 35.5. The maximum atomic E-state index is 12.1. The number of carbonyl (C=O) groups excluding carboxylic acids is 2. The van der Waals surface area contributed by atoms with E-state index < -0.39 is 17.9 Å². The third-order valence-corrected chi connectivity index (χ3v) is 3.05. The Bertz CT molecular complexity index is 522. The zero-order chi connectivity index (χ0) is 15.0. The van der Waals surface area contributed by atoms with Crippen LogP contribution in [0.15, 0.2) is 24.3 Å². The number of rotatable bonds is 6. The number of carbonyl (C=O) groups is 2. The van der Waals surface area contributed by atoms with Crippen LogP contribution in [0.25, 0.3) is 0 Å². The summed E-state index contributed by atoms with van der Waals surface area (Å²) in [4.78, 5) is 23.7. The third kappa shape index (κ3) is 4.60. The van der Waals surface area contributed by atoms with Crippen molar-refractivity contribution in [2.75, 3.05) is 7.11 Å². The SMILES string of the molecule is C#CCCC[C@H](NC(=O)c1ccccc1Cl)C(=O)OC. The molecule has 0 aromatic heterocycles. The fraction of sp³-hybridized carbons (Fsp3) is 0.333. The lowest BCUT2D eigenvalue weighted by molar-refractivity contribution is -0.143. The summed E-state index contributed by atoms with van der Waals surface area (Å²) in [7, 11) is 1.28. The summed E-state index contributed by atoms with van der Waals surface area (Å²) >= 11 is 5.94. The Kier molecular flexibility index (Phi) is 6.61. The van der Waals surface area contributed by atoms with Gasteiger partial charge in [0.15, 0.2) is 0 Å². The number of unbranched alkanes of at least 4 members (excludes halogenated alkanes) is 1. The molecule has 1 rings (SSSR count). The molecule has 0 unspecified atom stereocenters. The van der Waals surface area contributed by atoms with Crippen molar-refractivity contribution in [1.82, 2.24) is 5.32 Å². The number of esters is 1. The number of benzene rings is 1. The number of methoxy groups -OCH3 is 1. The number of ether oxygens (including phenoxy) is 1. The molecule has 0 saturated carbocycles. The monoisotopic (exact) mass is 293 g/mol. The Morgan fingerprint density at radius 3 is 2.75 bits per heavy atom. The van der Waals surface area contributed by atoms with Gasteiger partial charge in [-0.25, -0.2) is 4.79 Å². The molecule has 1 atom stereocenters. The van der Waals surface area contributed by atoms with E-state index in [0.29, 0.717) is 29.8 Å². The van der Waals surface area contributed by atoms with E-state index in [4.69, 9.17) is 18.0 Å². The first-order chi connectivity index (χ1) is 9.60. The standard InChI is InChI=1S/C15H16ClNO3/c1-3-4-5-10-13(15(19)20-2)17-14(18)11-8-6-7-9-12(11)16/h1,6-9,13H,4-5,10H2,2H3,(H,17,18)/t13-/m0/s1. The first-order valence-corrected chi connectivity index (χ1v) is 6.54. The highest BCUT2D eigenvalue weighted by molar-refractivity contribution is 6.33. The summed E-state index contributed by atoms with van der Waals surface area (Å²) in [6.45, 7) is 0. The zero-order valence-corrected chi connectivity index (χ0v) is 11.9. The number of hydrogen-bond donors (Lipinski definition) is 1. The van der Waals surface area contributed by atoms with Gasteiger partial charge >= 0.3 is 5.97 Å². The number of hydrogen-bond acceptors (Lipinski definition) is 3. The van der Waals surface area contributed by atoms with E-state index in [2.05, 4.69) is 16.0 Å². The first-order valence-electron chi connectivity index (χ1n) is 6.16. The Morgan fingerprint density at radius 2 is 2.15 bits per heavy atom. The molecule has 0 aliphatic heterocycles. The van der Waals surface area contributed by atoms with E-state index in [1.54, 1.807) is 24.3 Å². The van der Waals surface area contributed by atoms with Crippen LogP contribution in [0, 0.1) is 12.3 Å². The van der Waals surface area contributed by atoms with Gasteiger partial charge in [0.1, 0.15) is 6.04 Å². The summed E-state index contributed by atoms with van der Waals surface area (Å²) in [5.74, 6) is 1.58. The first kappa shape index (κ1) is 16.1. The molecular formula is C15H16ClNO3. The molecule has 5 heteroatoms. The lowest BCUT2D eigenvalue weighted by atomic mass is 10.1. The van der Waals surface area contributed by atoms with Gasteiger partial charge in [0.2, 0.25) is 0 Å². The molecule has 1 amide bonds. The van der Waals surface area contributed by atoms with Crippen molar-refractivity contribution in [3.63, 3.8) is 0 Å². The normalized spacial score (nSPS) is 11.2. The van der Waals surface area contributed by atoms with Crippen LogP contribution in [0.1, 0.15) is 29.6 Å². The van der Waals surface area contributed by atoms with Gasteiger partial charge in [0, 0.05) is 6.42 Å². The summed E-state index contributed by atoms with van der Waals surface area (Å²) in [5.41, 5.74) is 0.319. The van der Waals surface area contributed by atoms with Crippen molar-refractivity contribution in [2.24, 2.45) is 0 Å². The molecule has 0 heterocycles. The van der Waals surface area contributed by atoms with Gasteiger partial charge in [-0.3, -0.25) is 4.79 Å². The minimum Gasteiger partial charge on any atom is -0.467 e. The van der Waals surface area contributed by atoms with E-state index in [1.165, 1.54) is 7.11 Å². The number of terminal acetylenes is 1. The van der Waals surface area contributed by atoms with Crippen LogP contribution in [0.4, 0.5) is 0 Å². The maximum Gasteiger partial charge on any atom is 0.328 e. The molecule has 1 aromatic rings. The number of amides is 1. The summed E-state index contributed by atoms with van der Waals surface area (Å²) in [5, 5.41) is 2.95. The third-order valence-electron chi connectivity index (χ3n) is 2.72. The van der Waals surface area contributed by atoms with Crippen molar-refractivity contribution < 1.29 is 14.3 Å². The average molecular weight is 294 g/mol. The van der Waals surface area contributed by atoms with Gasteiger partial charge in [-0.05, 0) is 25.0 Å². The molecule has 0 aliphatic carbocycles. The van der Waals surface area contributed by atoms with E-state index >= 15 is 0 Å². The van der Waals surface area contributed by atoms with Gasteiger partial charge in [0.05, 0.1) is 17.7 Å². The average Bonchev–Trinajstić information content (AvgIpc) is 2.45. The van der Waals surface area contributed by atoms with Crippen molar-refractivity contribution >= 4 is 23.5 Å². The molecule has 0 bridgehead atoms. The zero-order valence-electron chi connectivity index (χ0n) is 11.2. The van der Waals surface area contributed by atoms with Gasteiger partial charge in [0.25, 0.3) is 5.91 Å². The van der Waals surface area contributed by atoms with Crippen molar-refractivity contribution in [3.05, 3.63) is 34.9 Å². The highest BCUT2D eigenvalue weighted by Gasteiger charge is 2.22. The molecule has 0 fully saturated rings. The number of halogens is 1. The number of nitrogens with one attached hydrogen (secondary N) is 1. The molecule has 4 nitrogen and oxygen atoms in total. The Morgan fingerprint density at radius 1 is 1.45 bits per heavy atom. The summed E-state index contributed by atoms with van der Waals surface area (Å²) < 4.78 is 4.67. The van der Waals surface area contributed by atoms with Gasteiger partial charge in [-0.15, -0.1) is 12.3 Å². The van der Waals surface area contributed by atoms with Gasteiger partial charge in [-0.1, -0.05) is 23.7 Å².